The molecule has 3 N–H and O–H groups in total. The second-order valence-corrected chi connectivity index (χ2v) is 6.27. The zero-order valence-electron chi connectivity index (χ0n) is 15.4. The summed E-state index contributed by atoms with van der Waals surface area (Å²) in [6.07, 6.45) is 0.689. The number of anilines is 1. The Kier molecular flexibility index (Phi) is 6.70. The lowest BCUT2D eigenvalue weighted by Gasteiger charge is -2.13. The minimum absolute atomic E-state index is 0.0752. The molecule has 1 aromatic heterocycles. The van der Waals surface area contributed by atoms with Gasteiger partial charge in [0.1, 0.15) is 11.4 Å². The van der Waals surface area contributed by atoms with E-state index in [-0.39, 0.29) is 30.3 Å². The molecule has 2 aromatic rings. The van der Waals surface area contributed by atoms with Crippen LogP contribution >= 0.6 is 0 Å². The summed E-state index contributed by atoms with van der Waals surface area (Å²) >= 11 is 0. The van der Waals surface area contributed by atoms with Crippen molar-refractivity contribution in [2.45, 2.75) is 39.2 Å². The van der Waals surface area contributed by atoms with Gasteiger partial charge in [-0.1, -0.05) is 44.2 Å². The van der Waals surface area contributed by atoms with Gasteiger partial charge in [0.2, 0.25) is 5.78 Å². The molecule has 27 heavy (non-hydrogen) atoms. The maximum absolute atomic E-state index is 12.3. The van der Waals surface area contributed by atoms with Gasteiger partial charge in [-0.25, -0.2) is 4.79 Å². The Hall–Kier alpha value is -3.16. The van der Waals surface area contributed by atoms with E-state index in [1.165, 1.54) is 0 Å². The number of nitrogens with two attached hydrogens (primary N) is 1. The molecular weight excluding hydrogens is 350 g/mol. The van der Waals surface area contributed by atoms with Crippen molar-refractivity contribution in [3.05, 3.63) is 62.3 Å². The number of rotatable bonds is 8. The molecule has 8 nitrogen and oxygen atoms in total. The summed E-state index contributed by atoms with van der Waals surface area (Å²) in [7, 11) is 0. The van der Waals surface area contributed by atoms with E-state index in [4.69, 9.17) is 10.5 Å². The van der Waals surface area contributed by atoms with Gasteiger partial charge in [0.05, 0.1) is 6.42 Å². The highest BCUT2D eigenvalue weighted by molar-refractivity contribution is 6.01. The van der Waals surface area contributed by atoms with Gasteiger partial charge >= 0.3 is 11.7 Å². The molecule has 0 amide bonds. The standard InChI is InChI=1S/C19H23N3O5/c1-3-9-22-17(20)16(18(25)21-19(22)26)14(23)11-27-15(24)10-12(2)13-7-5-4-6-8-13/h4-8,12H,3,9-11,20H2,1-2H3,(H,21,25,26)/t12-/m1/s1. The fourth-order valence-corrected chi connectivity index (χ4v) is 2.73. The van der Waals surface area contributed by atoms with Crippen LogP contribution in [0, 0.1) is 0 Å². The normalized spacial score (nSPS) is 11.8. The molecule has 0 aliphatic heterocycles. The average molecular weight is 373 g/mol. The molecule has 0 fully saturated rings. The average Bonchev–Trinajstić information content (AvgIpc) is 2.64. The second kappa shape index (κ2) is 8.98. The molecule has 2 rings (SSSR count). The molecule has 0 spiro atoms. The van der Waals surface area contributed by atoms with E-state index in [0.29, 0.717) is 6.42 Å². The predicted molar refractivity (Wildman–Crippen MR) is 101 cm³/mol. The minimum atomic E-state index is -0.886. The first-order valence-corrected chi connectivity index (χ1v) is 8.71. The number of hydrogen-bond donors (Lipinski definition) is 2. The van der Waals surface area contributed by atoms with Gasteiger partial charge in [-0.2, -0.15) is 0 Å². The zero-order valence-corrected chi connectivity index (χ0v) is 15.4. The Morgan fingerprint density at radius 2 is 1.89 bits per heavy atom. The Labute approximate surface area is 156 Å². The first-order chi connectivity index (χ1) is 12.8. The number of hydrogen-bond acceptors (Lipinski definition) is 6. The summed E-state index contributed by atoms with van der Waals surface area (Å²) in [5, 5.41) is 0. The van der Waals surface area contributed by atoms with Crippen LogP contribution in [0.2, 0.25) is 0 Å². The number of benzene rings is 1. The smallest absolute Gasteiger partial charge is 0.329 e. The number of nitrogens with zero attached hydrogens (tertiary/aromatic N) is 1. The third kappa shape index (κ3) is 4.93. The lowest BCUT2D eigenvalue weighted by molar-refractivity contribution is -0.142. The van der Waals surface area contributed by atoms with Crippen LogP contribution in [0.25, 0.3) is 0 Å². The molecule has 1 heterocycles. The monoisotopic (exact) mass is 373 g/mol. The molecule has 144 valence electrons. The highest BCUT2D eigenvalue weighted by atomic mass is 16.5. The van der Waals surface area contributed by atoms with Gasteiger partial charge in [-0.3, -0.25) is 23.9 Å². The lowest BCUT2D eigenvalue weighted by atomic mass is 9.98. The topological polar surface area (TPSA) is 124 Å². The second-order valence-electron chi connectivity index (χ2n) is 6.27. The largest absolute Gasteiger partial charge is 0.457 e. The van der Waals surface area contributed by atoms with E-state index in [0.717, 1.165) is 10.1 Å². The van der Waals surface area contributed by atoms with Crippen LogP contribution in [-0.2, 0) is 16.1 Å². The van der Waals surface area contributed by atoms with Gasteiger partial charge in [0.15, 0.2) is 6.61 Å². The number of esters is 1. The van der Waals surface area contributed by atoms with Crippen LogP contribution in [0.5, 0.6) is 0 Å². The number of nitrogen functional groups attached to an aromatic ring is 1. The van der Waals surface area contributed by atoms with Gasteiger partial charge in [0.25, 0.3) is 5.56 Å². The van der Waals surface area contributed by atoms with Crippen LogP contribution in [-0.4, -0.2) is 27.9 Å². The molecule has 0 aliphatic rings. The molecule has 0 radical (unpaired) electrons. The van der Waals surface area contributed by atoms with Crippen molar-refractivity contribution < 1.29 is 14.3 Å². The number of carbonyl (C=O) groups excluding carboxylic acids is 2. The fourth-order valence-electron chi connectivity index (χ4n) is 2.73. The number of aromatic nitrogens is 2. The van der Waals surface area contributed by atoms with E-state index < -0.39 is 29.6 Å². The van der Waals surface area contributed by atoms with E-state index in [9.17, 15) is 19.2 Å². The molecule has 0 bridgehead atoms. The molecular formula is C19H23N3O5. The molecule has 1 atom stereocenters. The summed E-state index contributed by atoms with van der Waals surface area (Å²) in [6.45, 7) is 3.35. The molecule has 1 aromatic carbocycles. The van der Waals surface area contributed by atoms with Gasteiger partial charge in [-0.15, -0.1) is 0 Å². The molecule has 0 saturated heterocycles. The number of aromatic amines is 1. The van der Waals surface area contributed by atoms with Crippen LogP contribution in [0.4, 0.5) is 5.82 Å². The van der Waals surface area contributed by atoms with E-state index in [1.54, 1.807) is 0 Å². The van der Waals surface area contributed by atoms with Crippen molar-refractivity contribution >= 4 is 17.6 Å². The summed E-state index contributed by atoms with van der Waals surface area (Å²) in [5.74, 6) is -1.60. The SMILES string of the molecule is CCCn1c(N)c(C(=O)COC(=O)C[C@@H](C)c2ccccc2)c(=O)[nH]c1=O. The van der Waals surface area contributed by atoms with Crippen molar-refractivity contribution in [2.75, 3.05) is 12.3 Å². The summed E-state index contributed by atoms with van der Waals surface area (Å²) in [4.78, 5) is 50.1. The first kappa shape index (κ1) is 20.2. The van der Waals surface area contributed by atoms with E-state index >= 15 is 0 Å². The lowest BCUT2D eigenvalue weighted by Crippen LogP contribution is -2.37. The Morgan fingerprint density at radius 1 is 1.22 bits per heavy atom. The number of Topliss-reactive ketones (excluding diaryl/α,β-unsaturated/α-hetero) is 1. The third-order valence-corrected chi connectivity index (χ3v) is 4.17. The first-order valence-electron chi connectivity index (χ1n) is 8.71. The molecule has 0 saturated carbocycles. The number of ether oxygens (including phenoxy) is 1. The van der Waals surface area contributed by atoms with Gasteiger partial charge < -0.3 is 10.5 Å². The summed E-state index contributed by atoms with van der Waals surface area (Å²) < 4.78 is 6.13. The Morgan fingerprint density at radius 3 is 2.52 bits per heavy atom. The summed E-state index contributed by atoms with van der Waals surface area (Å²) in [5.41, 5.74) is 4.87. The van der Waals surface area contributed by atoms with Crippen LogP contribution < -0.4 is 17.0 Å². The van der Waals surface area contributed by atoms with Crippen molar-refractivity contribution in [1.29, 1.82) is 0 Å². The van der Waals surface area contributed by atoms with Crippen LogP contribution in [0.15, 0.2) is 39.9 Å². The third-order valence-electron chi connectivity index (χ3n) is 4.17. The summed E-state index contributed by atoms with van der Waals surface area (Å²) in [6, 6.07) is 9.44. The van der Waals surface area contributed by atoms with Crippen molar-refractivity contribution in [3.8, 4) is 0 Å². The number of carbonyl (C=O) groups is 2. The number of H-pyrrole nitrogens is 1. The Balaban J connectivity index is 2.05. The quantitative estimate of drug-likeness (QED) is 0.533. The van der Waals surface area contributed by atoms with Crippen molar-refractivity contribution in [3.63, 3.8) is 0 Å². The van der Waals surface area contributed by atoms with Crippen molar-refractivity contribution in [1.82, 2.24) is 9.55 Å². The molecule has 8 heteroatoms. The van der Waals surface area contributed by atoms with E-state index in [1.807, 2.05) is 44.2 Å². The highest BCUT2D eigenvalue weighted by Crippen LogP contribution is 2.19. The van der Waals surface area contributed by atoms with Crippen LogP contribution in [0.1, 0.15) is 48.5 Å². The van der Waals surface area contributed by atoms with Gasteiger partial charge in [-0.05, 0) is 17.9 Å². The molecule has 0 aliphatic carbocycles. The van der Waals surface area contributed by atoms with Crippen LogP contribution in [0.3, 0.4) is 0 Å². The molecule has 0 unspecified atom stereocenters. The zero-order chi connectivity index (χ0) is 20.0. The van der Waals surface area contributed by atoms with Crippen molar-refractivity contribution in [2.24, 2.45) is 0 Å². The maximum Gasteiger partial charge on any atom is 0.329 e. The number of ketones is 1. The number of nitrogens with one attached hydrogen (secondary N) is 1. The van der Waals surface area contributed by atoms with Gasteiger partial charge in [0, 0.05) is 6.54 Å². The maximum atomic E-state index is 12.3. The predicted octanol–water partition coefficient (Wildman–Crippen LogP) is 1.45. The van der Waals surface area contributed by atoms with E-state index in [2.05, 4.69) is 4.98 Å². The Bertz CT molecular complexity index is 931. The fraction of sp³-hybridized carbons (Fsp3) is 0.368. The minimum Gasteiger partial charge on any atom is -0.457 e. The highest BCUT2D eigenvalue weighted by Gasteiger charge is 2.21.